The van der Waals surface area contributed by atoms with Crippen molar-refractivity contribution in [3.63, 3.8) is 0 Å². The highest BCUT2D eigenvalue weighted by Gasteiger charge is 2.44. The van der Waals surface area contributed by atoms with Crippen LogP contribution in [-0.4, -0.2) is 62.3 Å². The number of β-amino-alcohol motifs (C(OH)–C–C–N with tert-alkyl or cyclic N) is 1. The molecule has 2 aromatic rings. The van der Waals surface area contributed by atoms with Crippen molar-refractivity contribution in [1.29, 1.82) is 0 Å². The standard InChI is InChI=1S/C28H38F2N6O3/c1-27(2,3)17-4-6-20(7-5-17)36(26(39)22-14-21(37)15-31-22)23(24-34-32-16-35(24)19-8-9-19)25(38)33-18-10-12-28(29,30)13-11-18/h4-7,16,18-19,21-23,31,37H,8-15H2,1-3H3,(H,33,38)/t21-,22-,23?/m1/s1. The number of carbonyl (C=O) groups is 2. The van der Waals surface area contributed by atoms with Crippen molar-refractivity contribution in [2.24, 2.45) is 0 Å². The Balaban J connectivity index is 1.54. The third kappa shape index (κ3) is 6.14. The van der Waals surface area contributed by atoms with Gasteiger partial charge in [-0.3, -0.25) is 14.5 Å². The molecule has 11 heteroatoms. The zero-order valence-corrected chi connectivity index (χ0v) is 22.7. The monoisotopic (exact) mass is 544 g/mol. The zero-order chi connectivity index (χ0) is 27.9. The number of rotatable bonds is 7. The highest BCUT2D eigenvalue weighted by Crippen LogP contribution is 2.39. The molecule has 1 saturated heterocycles. The Morgan fingerprint density at radius 3 is 2.38 bits per heavy atom. The van der Waals surface area contributed by atoms with Crippen LogP contribution >= 0.6 is 0 Å². The molecule has 2 amide bonds. The number of hydrogen-bond acceptors (Lipinski definition) is 6. The Kier molecular flexibility index (Phi) is 7.49. The molecule has 3 fully saturated rings. The van der Waals surface area contributed by atoms with E-state index >= 15 is 0 Å². The normalized spacial score (nSPS) is 24.4. The molecular weight excluding hydrogens is 506 g/mol. The first-order chi connectivity index (χ1) is 18.4. The third-order valence-corrected chi connectivity index (χ3v) is 8.01. The Morgan fingerprint density at radius 2 is 1.82 bits per heavy atom. The highest BCUT2D eigenvalue weighted by atomic mass is 19.3. The Bertz CT molecular complexity index is 1180. The number of nitrogens with zero attached hydrogens (tertiary/aromatic N) is 4. The number of hydrogen-bond donors (Lipinski definition) is 3. The average Bonchev–Trinajstić information content (AvgIpc) is 3.45. The summed E-state index contributed by atoms with van der Waals surface area (Å²) in [6.07, 6.45) is 2.70. The predicted molar refractivity (Wildman–Crippen MR) is 141 cm³/mol. The van der Waals surface area contributed by atoms with Crippen LogP contribution in [0.4, 0.5) is 14.5 Å². The summed E-state index contributed by atoms with van der Waals surface area (Å²) in [5.41, 5.74) is 1.46. The Labute approximate surface area is 227 Å². The molecule has 0 bridgehead atoms. The maximum Gasteiger partial charge on any atom is 0.251 e. The van der Waals surface area contributed by atoms with Gasteiger partial charge in [0.05, 0.1) is 12.1 Å². The number of amides is 2. The van der Waals surface area contributed by atoms with Gasteiger partial charge in [-0.2, -0.15) is 0 Å². The molecule has 1 aromatic carbocycles. The molecule has 3 aliphatic rings. The van der Waals surface area contributed by atoms with Crippen molar-refractivity contribution < 1.29 is 23.5 Å². The Morgan fingerprint density at radius 1 is 1.15 bits per heavy atom. The minimum atomic E-state index is -2.72. The summed E-state index contributed by atoms with van der Waals surface area (Å²) in [6.45, 7) is 6.56. The summed E-state index contributed by atoms with van der Waals surface area (Å²) >= 11 is 0. The summed E-state index contributed by atoms with van der Waals surface area (Å²) in [5.74, 6) is -3.23. The lowest BCUT2D eigenvalue weighted by molar-refractivity contribution is -0.128. The molecule has 0 spiro atoms. The average molecular weight is 545 g/mol. The van der Waals surface area contributed by atoms with Crippen molar-refractivity contribution in [3.8, 4) is 0 Å². The van der Waals surface area contributed by atoms with Crippen molar-refractivity contribution in [2.75, 3.05) is 11.4 Å². The number of aliphatic hydroxyl groups is 1. The second kappa shape index (κ2) is 10.6. The second-order valence-electron chi connectivity index (χ2n) is 12.2. The lowest BCUT2D eigenvalue weighted by Gasteiger charge is -2.35. The van der Waals surface area contributed by atoms with Crippen LogP contribution in [0.3, 0.4) is 0 Å². The maximum atomic E-state index is 14.1. The smallest absolute Gasteiger partial charge is 0.251 e. The minimum absolute atomic E-state index is 0.115. The Hall–Kier alpha value is -2.92. The fraction of sp³-hybridized carbons (Fsp3) is 0.643. The van der Waals surface area contributed by atoms with E-state index < -0.39 is 36.1 Å². The number of benzene rings is 1. The second-order valence-corrected chi connectivity index (χ2v) is 12.2. The van der Waals surface area contributed by atoms with Crippen LogP contribution in [0.2, 0.25) is 0 Å². The predicted octanol–water partition coefficient (Wildman–Crippen LogP) is 3.40. The van der Waals surface area contributed by atoms with Crippen molar-refractivity contribution >= 4 is 17.5 Å². The molecule has 3 N–H and O–H groups in total. The van der Waals surface area contributed by atoms with Crippen molar-refractivity contribution in [1.82, 2.24) is 25.4 Å². The van der Waals surface area contributed by atoms with Gasteiger partial charge in [0.25, 0.3) is 5.91 Å². The van der Waals surface area contributed by atoms with Crippen LogP contribution in [0.15, 0.2) is 30.6 Å². The summed E-state index contributed by atoms with van der Waals surface area (Å²) in [6, 6.07) is 5.39. The highest BCUT2D eigenvalue weighted by molar-refractivity contribution is 6.03. The lowest BCUT2D eigenvalue weighted by Crippen LogP contribution is -2.52. The van der Waals surface area contributed by atoms with Gasteiger partial charge < -0.3 is 20.3 Å². The van der Waals surface area contributed by atoms with E-state index in [1.807, 2.05) is 28.8 Å². The van der Waals surface area contributed by atoms with Crippen LogP contribution in [0.5, 0.6) is 0 Å². The third-order valence-electron chi connectivity index (χ3n) is 8.01. The molecule has 212 valence electrons. The molecule has 5 rings (SSSR count). The molecule has 1 aromatic heterocycles. The van der Waals surface area contributed by atoms with Gasteiger partial charge in [0.2, 0.25) is 11.8 Å². The SMILES string of the molecule is CC(C)(C)c1ccc(N(C(=O)[C@H]2C[C@@H](O)CN2)C(C(=O)NC2CCC(F)(F)CC2)c2nncn2C2CC2)cc1. The molecule has 1 unspecified atom stereocenters. The molecule has 9 nitrogen and oxygen atoms in total. The van der Waals surface area contributed by atoms with Gasteiger partial charge in [0, 0.05) is 37.2 Å². The van der Waals surface area contributed by atoms with Gasteiger partial charge in [0.1, 0.15) is 6.33 Å². The van der Waals surface area contributed by atoms with Gasteiger partial charge >= 0.3 is 0 Å². The summed E-state index contributed by atoms with van der Waals surface area (Å²) < 4.78 is 29.5. The summed E-state index contributed by atoms with van der Waals surface area (Å²) in [7, 11) is 0. The van der Waals surface area contributed by atoms with Crippen LogP contribution in [0, 0.1) is 0 Å². The van der Waals surface area contributed by atoms with E-state index in [2.05, 4.69) is 41.6 Å². The lowest BCUT2D eigenvalue weighted by atomic mass is 9.87. The van der Waals surface area contributed by atoms with E-state index in [4.69, 9.17) is 0 Å². The van der Waals surface area contributed by atoms with Gasteiger partial charge in [-0.15, -0.1) is 10.2 Å². The molecule has 3 atom stereocenters. The first-order valence-electron chi connectivity index (χ1n) is 13.9. The number of carbonyl (C=O) groups excluding carboxylic acids is 2. The first-order valence-corrected chi connectivity index (χ1v) is 13.9. The minimum Gasteiger partial charge on any atom is -0.392 e. The van der Waals surface area contributed by atoms with Crippen molar-refractivity contribution in [2.45, 2.75) is 107 Å². The van der Waals surface area contributed by atoms with Gasteiger partial charge in [0.15, 0.2) is 11.9 Å². The maximum absolute atomic E-state index is 14.1. The topological polar surface area (TPSA) is 112 Å². The molecule has 2 aliphatic carbocycles. The number of anilines is 1. The van der Waals surface area contributed by atoms with Gasteiger partial charge in [-0.25, -0.2) is 8.78 Å². The number of aliphatic hydroxyl groups excluding tert-OH is 1. The molecule has 2 heterocycles. The van der Waals surface area contributed by atoms with Crippen LogP contribution < -0.4 is 15.5 Å². The molecule has 0 radical (unpaired) electrons. The zero-order valence-electron chi connectivity index (χ0n) is 22.7. The molecular formula is C28H38F2N6O3. The van der Waals surface area contributed by atoms with E-state index in [0.29, 0.717) is 11.5 Å². The number of alkyl halides is 2. The molecule has 2 saturated carbocycles. The van der Waals surface area contributed by atoms with E-state index in [9.17, 15) is 23.5 Å². The summed E-state index contributed by atoms with van der Waals surface area (Å²) in [4.78, 5) is 29.6. The number of halogens is 2. The van der Waals surface area contributed by atoms with Crippen LogP contribution in [0.25, 0.3) is 0 Å². The first kappa shape index (κ1) is 27.6. The van der Waals surface area contributed by atoms with Crippen molar-refractivity contribution in [3.05, 3.63) is 42.0 Å². The van der Waals surface area contributed by atoms with Gasteiger partial charge in [-0.05, 0) is 55.2 Å². The van der Waals surface area contributed by atoms with Crippen LogP contribution in [0.1, 0.15) is 89.2 Å². The van der Waals surface area contributed by atoms with E-state index in [1.54, 1.807) is 6.33 Å². The van der Waals surface area contributed by atoms with Crippen LogP contribution in [-0.2, 0) is 15.0 Å². The largest absolute Gasteiger partial charge is 0.392 e. The van der Waals surface area contributed by atoms with Gasteiger partial charge in [-0.1, -0.05) is 32.9 Å². The molecule has 39 heavy (non-hydrogen) atoms. The fourth-order valence-electron chi connectivity index (χ4n) is 5.49. The van der Waals surface area contributed by atoms with E-state index in [1.165, 1.54) is 4.90 Å². The van der Waals surface area contributed by atoms with E-state index in [0.717, 1.165) is 18.4 Å². The summed E-state index contributed by atoms with van der Waals surface area (Å²) in [5, 5.41) is 24.6. The number of aromatic nitrogens is 3. The fourth-order valence-corrected chi connectivity index (χ4v) is 5.49. The van der Waals surface area contributed by atoms with E-state index in [-0.39, 0.29) is 56.0 Å². The molecule has 1 aliphatic heterocycles. The quantitative estimate of drug-likeness (QED) is 0.493. The number of nitrogens with one attached hydrogen (secondary N) is 2.